The number of carbonyl (C=O) groups excluding carboxylic acids is 3. The van der Waals surface area contributed by atoms with Crippen LogP contribution in [-0.4, -0.2) is 47.1 Å². The van der Waals surface area contributed by atoms with Gasteiger partial charge in [-0.15, -0.1) is 0 Å². The summed E-state index contributed by atoms with van der Waals surface area (Å²) < 4.78 is 4.75. The summed E-state index contributed by atoms with van der Waals surface area (Å²) >= 11 is 0. The predicted octanol–water partition coefficient (Wildman–Crippen LogP) is 1.41. The van der Waals surface area contributed by atoms with E-state index in [4.69, 9.17) is 14.9 Å². The fraction of sp³-hybridized carbons (Fsp3) is 0.800. The first-order valence-corrected chi connectivity index (χ1v) is 7.31. The van der Waals surface area contributed by atoms with Crippen LogP contribution in [0.2, 0.25) is 0 Å². The van der Waals surface area contributed by atoms with E-state index in [-0.39, 0.29) is 30.7 Å². The first kappa shape index (κ1) is 22.0. The van der Waals surface area contributed by atoms with Gasteiger partial charge in [0.2, 0.25) is 0 Å². The van der Waals surface area contributed by atoms with E-state index in [1.165, 1.54) is 26.7 Å². The molecule has 0 bridgehead atoms. The molecule has 1 unspecified atom stereocenters. The highest BCUT2D eigenvalue weighted by atomic mass is 16.5. The van der Waals surface area contributed by atoms with Crippen molar-refractivity contribution in [2.45, 2.75) is 65.4 Å². The van der Waals surface area contributed by atoms with Crippen molar-refractivity contribution in [2.24, 2.45) is 0 Å². The van der Waals surface area contributed by atoms with Gasteiger partial charge < -0.3 is 14.9 Å². The second kappa shape index (κ2) is 15.1. The minimum absolute atomic E-state index is 0.107. The average Bonchev–Trinajstić information content (AvgIpc) is 2.45. The first-order chi connectivity index (χ1) is 9.84. The molecule has 0 aromatic rings. The van der Waals surface area contributed by atoms with Crippen LogP contribution >= 0.6 is 0 Å². The molecule has 6 nitrogen and oxygen atoms in total. The Balaban J connectivity index is 0. The van der Waals surface area contributed by atoms with Crippen LogP contribution in [-0.2, 0) is 19.1 Å². The van der Waals surface area contributed by atoms with E-state index in [2.05, 4.69) is 6.92 Å². The lowest BCUT2D eigenvalue weighted by atomic mass is 10.1. The van der Waals surface area contributed by atoms with E-state index >= 15 is 0 Å². The highest BCUT2D eigenvalue weighted by Gasteiger charge is 2.07. The molecule has 0 aliphatic carbocycles. The maximum absolute atomic E-state index is 11.1. The maximum Gasteiger partial charge on any atom is 0.305 e. The minimum Gasteiger partial charge on any atom is -0.463 e. The molecule has 0 saturated carbocycles. The van der Waals surface area contributed by atoms with E-state index in [9.17, 15) is 14.4 Å². The van der Waals surface area contributed by atoms with Crippen LogP contribution < -0.4 is 0 Å². The molecule has 0 aromatic carbocycles. The lowest BCUT2D eigenvalue weighted by molar-refractivity contribution is -0.147. The number of hydrogen-bond donors (Lipinski definition) is 2. The van der Waals surface area contributed by atoms with Gasteiger partial charge in [-0.2, -0.15) is 0 Å². The lowest BCUT2D eigenvalue weighted by Gasteiger charge is -2.08. The SMILES string of the molecule is CC(=O)C(C)=O.CCCCCCCC(=O)OCC(O)CO. The largest absolute Gasteiger partial charge is 0.463 e. The normalized spacial score (nSPS) is 11.1. The fourth-order valence-electron chi connectivity index (χ4n) is 1.19. The summed E-state index contributed by atoms with van der Waals surface area (Å²) in [5, 5.41) is 17.4. The highest BCUT2D eigenvalue weighted by molar-refractivity contribution is 6.35. The smallest absolute Gasteiger partial charge is 0.305 e. The van der Waals surface area contributed by atoms with Crippen molar-refractivity contribution in [1.82, 2.24) is 0 Å². The number of carbonyl (C=O) groups is 3. The zero-order chi connectivity index (χ0) is 16.7. The number of unbranched alkanes of at least 4 members (excludes halogenated alkanes) is 4. The van der Waals surface area contributed by atoms with Crippen LogP contribution in [0.25, 0.3) is 0 Å². The molecule has 0 saturated heterocycles. The Morgan fingerprint density at radius 2 is 1.52 bits per heavy atom. The maximum atomic E-state index is 11.1. The number of aliphatic hydroxyl groups excluding tert-OH is 2. The zero-order valence-corrected chi connectivity index (χ0v) is 13.3. The molecule has 0 aliphatic rings. The number of ether oxygens (including phenoxy) is 1. The van der Waals surface area contributed by atoms with Crippen LogP contribution in [0.1, 0.15) is 59.3 Å². The third kappa shape index (κ3) is 18.7. The Bertz CT molecular complexity index is 289. The van der Waals surface area contributed by atoms with E-state index in [0.29, 0.717) is 6.42 Å². The van der Waals surface area contributed by atoms with Gasteiger partial charge >= 0.3 is 5.97 Å². The molecule has 0 aliphatic heterocycles. The van der Waals surface area contributed by atoms with E-state index < -0.39 is 6.10 Å². The Kier molecular flexibility index (Phi) is 15.9. The number of aliphatic hydroxyl groups is 2. The summed E-state index contributed by atoms with van der Waals surface area (Å²) in [5.41, 5.74) is 0. The van der Waals surface area contributed by atoms with Gasteiger partial charge in [0.05, 0.1) is 6.61 Å². The Morgan fingerprint density at radius 1 is 1.00 bits per heavy atom. The van der Waals surface area contributed by atoms with Gasteiger partial charge in [-0.05, 0) is 6.42 Å². The van der Waals surface area contributed by atoms with Crippen molar-refractivity contribution >= 4 is 17.5 Å². The van der Waals surface area contributed by atoms with Gasteiger partial charge in [-0.1, -0.05) is 32.6 Å². The summed E-state index contributed by atoms with van der Waals surface area (Å²) in [6, 6.07) is 0. The van der Waals surface area contributed by atoms with Crippen molar-refractivity contribution in [1.29, 1.82) is 0 Å². The molecule has 124 valence electrons. The minimum atomic E-state index is -0.950. The number of esters is 1. The quantitative estimate of drug-likeness (QED) is 0.359. The zero-order valence-electron chi connectivity index (χ0n) is 13.3. The summed E-state index contributed by atoms with van der Waals surface area (Å²) in [5.74, 6) is -1.05. The number of rotatable bonds is 10. The van der Waals surface area contributed by atoms with E-state index in [1.54, 1.807) is 0 Å². The highest BCUT2D eigenvalue weighted by Crippen LogP contribution is 2.05. The monoisotopic (exact) mass is 304 g/mol. The molecule has 2 N–H and O–H groups in total. The number of Topliss-reactive ketones (excluding diaryl/α,β-unsaturated/α-hetero) is 2. The molecule has 0 radical (unpaired) electrons. The summed E-state index contributed by atoms with van der Waals surface area (Å²) in [7, 11) is 0. The molecule has 0 heterocycles. The number of hydrogen-bond acceptors (Lipinski definition) is 6. The van der Waals surface area contributed by atoms with Gasteiger partial charge in [0.25, 0.3) is 0 Å². The molecular weight excluding hydrogens is 276 g/mol. The van der Waals surface area contributed by atoms with Crippen molar-refractivity contribution in [3.05, 3.63) is 0 Å². The van der Waals surface area contributed by atoms with Gasteiger partial charge in [-0.3, -0.25) is 14.4 Å². The molecule has 1 atom stereocenters. The standard InChI is InChI=1S/C11H22O4.C4H6O2/c1-2-3-4-5-6-7-11(14)15-9-10(13)8-12;1-3(5)4(2)6/h10,12-13H,2-9H2,1H3;1-2H3. The molecule has 0 amide bonds. The summed E-state index contributed by atoms with van der Waals surface area (Å²) in [6.07, 6.45) is 4.89. The van der Waals surface area contributed by atoms with Crippen molar-refractivity contribution in [2.75, 3.05) is 13.2 Å². The molecular formula is C15H28O6. The Hall–Kier alpha value is -1.27. The third-order valence-corrected chi connectivity index (χ3v) is 2.63. The summed E-state index contributed by atoms with van der Waals surface area (Å²) in [4.78, 5) is 30.7. The molecule has 0 aromatic heterocycles. The van der Waals surface area contributed by atoms with Crippen LogP contribution in [0.15, 0.2) is 0 Å². The topological polar surface area (TPSA) is 101 Å². The van der Waals surface area contributed by atoms with Gasteiger partial charge in [0, 0.05) is 20.3 Å². The summed E-state index contributed by atoms with van der Waals surface area (Å²) in [6.45, 7) is 4.17. The Morgan fingerprint density at radius 3 is 1.95 bits per heavy atom. The van der Waals surface area contributed by atoms with Crippen LogP contribution in [0.3, 0.4) is 0 Å². The van der Waals surface area contributed by atoms with Crippen molar-refractivity contribution < 1.29 is 29.3 Å². The second-order valence-corrected chi connectivity index (χ2v) is 4.80. The predicted molar refractivity (Wildman–Crippen MR) is 78.8 cm³/mol. The molecule has 0 spiro atoms. The lowest BCUT2D eigenvalue weighted by Crippen LogP contribution is -2.21. The van der Waals surface area contributed by atoms with E-state index in [1.807, 2.05) is 0 Å². The van der Waals surface area contributed by atoms with Crippen LogP contribution in [0, 0.1) is 0 Å². The first-order valence-electron chi connectivity index (χ1n) is 7.31. The van der Waals surface area contributed by atoms with Crippen LogP contribution in [0.5, 0.6) is 0 Å². The van der Waals surface area contributed by atoms with Crippen molar-refractivity contribution in [3.8, 4) is 0 Å². The fourth-order valence-corrected chi connectivity index (χ4v) is 1.19. The van der Waals surface area contributed by atoms with Crippen molar-refractivity contribution in [3.63, 3.8) is 0 Å². The number of ketones is 2. The van der Waals surface area contributed by atoms with Gasteiger partial charge in [0.1, 0.15) is 12.7 Å². The van der Waals surface area contributed by atoms with E-state index in [0.717, 1.165) is 19.3 Å². The van der Waals surface area contributed by atoms with Crippen LogP contribution in [0.4, 0.5) is 0 Å². The molecule has 21 heavy (non-hydrogen) atoms. The second-order valence-electron chi connectivity index (χ2n) is 4.80. The average molecular weight is 304 g/mol. The molecule has 6 heteroatoms. The van der Waals surface area contributed by atoms with Gasteiger partial charge in [0.15, 0.2) is 11.6 Å². The van der Waals surface area contributed by atoms with Gasteiger partial charge in [-0.25, -0.2) is 0 Å². The third-order valence-electron chi connectivity index (χ3n) is 2.63. The molecule has 0 rings (SSSR count). The molecule has 0 fully saturated rings. The Labute approximate surface area is 126 Å².